The molecular weight excluding hydrogens is 290 g/mol. The minimum atomic E-state index is -0.862. The first-order chi connectivity index (χ1) is 9.82. The fourth-order valence-corrected chi connectivity index (χ4v) is 2.40. The molecule has 0 aliphatic carbocycles. The molecule has 21 heavy (non-hydrogen) atoms. The number of rotatable bonds is 7. The van der Waals surface area contributed by atoms with Gasteiger partial charge in [0.15, 0.2) is 0 Å². The van der Waals surface area contributed by atoms with Crippen LogP contribution in [0, 0.1) is 5.92 Å². The molecule has 0 radical (unpaired) electrons. The summed E-state index contributed by atoms with van der Waals surface area (Å²) in [6.45, 7) is 8.33. The highest BCUT2D eigenvalue weighted by molar-refractivity contribution is 6.32. The molecule has 1 unspecified atom stereocenters. The molecule has 5 heteroatoms. The van der Waals surface area contributed by atoms with Crippen LogP contribution in [0.4, 0.5) is 5.69 Å². The standard InChI is InChI=1S/C16H24ClNO3/c1-6-21-14-8-7-12(9-13(14)17)18-15(19)16(4,20-5)10-11(2)3/h7-9,11H,6,10H2,1-5H3,(H,18,19). The molecule has 0 heterocycles. The van der Waals surface area contributed by atoms with Crippen LogP contribution in [0.2, 0.25) is 5.02 Å². The summed E-state index contributed by atoms with van der Waals surface area (Å²) in [5, 5.41) is 3.32. The van der Waals surface area contributed by atoms with Crippen molar-refractivity contribution in [2.24, 2.45) is 5.92 Å². The third-order valence-corrected chi connectivity index (χ3v) is 3.51. The predicted octanol–water partition coefficient (Wildman–Crippen LogP) is 4.13. The molecule has 0 saturated heterocycles. The van der Waals surface area contributed by atoms with Gasteiger partial charge in [0.25, 0.3) is 5.91 Å². The molecular formula is C16H24ClNO3. The van der Waals surface area contributed by atoms with Crippen LogP contribution in [0.1, 0.15) is 34.1 Å². The summed E-state index contributed by atoms with van der Waals surface area (Å²) in [4.78, 5) is 12.4. The highest BCUT2D eigenvalue weighted by Gasteiger charge is 2.33. The van der Waals surface area contributed by atoms with Gasteiger partial charge in [-0.1, -0.05) is 25.4 Å². The first-order valence-electron chi connectivity index (χ1n) is 7.11. The third-order valence-electron chi connectivity index (χ3n) is 3.22. The van der Waals surface area contributed by atoms with E-state index < -0.39 is 5.60 Å². The quantitative estimate of drug-likeness (QED) is 0.823. The zero-order valence-corrected chi connectivity index (χ0v) is 14.1. The van der Waals surface area contributed by atoms with Crippen molar-refractivity contribution in [3.05, 3.63) is 23.2 Å². The van der Waals surface area contributed by atoms with Gasteiger partial charge in [0, 0.05) is 12.8 Å². The summed E-state index contributed by atoms with van der Waals surface area (Å²) in [5.74, 6) is 0.775. The van der Waals surface area contributed by atoms with Crippen molar-refractivity contribution in [2.75, 3.05) is 19.0 Å². The van der Waals surface area contributed by atoms with Crippen LogP contribution in [0.5, 0.6) is 5.75 Å². The summed E-state index contributed by atoms with van der Waals surface area (Å²) in [6.07, 6.45) is 0.639. The van der Waals surface area contributed by atoms with Crippen LogP contribution in [0.25, 0.3) is 0 Å². The second-order valence-electron chi connectivity index (χ2n) is 5.57. The second kappa shape index (κ2) is 7.66. The summed E-state index contributed by atoms with van der Waals surface area (Å²) in [5.41, 5.74) is -0.236. The molecule has 1 rings (SSSR count). The number of ether oxygens (including phenoxy) is 2. The molecule has 1 atom stereocenters. The van der Waals surface area contributed by atoms with Gasteiger partial charge >= 0.3 is 0 Å². The Bertz CT molecular complexity index is 490. The van der Waals surface area contributed by atoms with E-state index in [0.29, 0.717) is 35.4 Å². The Kier molecular flexibility index (Phi) is 6.49. The number of methoxy groups -OCH3 is 1. The van der Waals surface area contributed by atoms with Crippen LogP contribution in [0.15, 0.2) is 18.2 Å². The first-order valence-corrected chi connectivity index (χ1v) is 7.49. The molecule has 0 aliphatic rings. The maximum atomic E-state index is 12.4. The van der Waals surface area contributed by atoms with Gasteiger partial charge in [-0.15, -0.1) is 0 Å². The normalized spacial score (nSPS) is 13.9. The number of hydrogen-bond donors (Lipinski definition) is 1. The Balaban J connectivity index is 2.84. The van der Waals surface area contributed by atoms with E-state index in [0.717, 1.165) is 0 Å². The molecule has 4 nitrogen and oxygen atoms in total. The number of carbonyl (C=O) groups excluding carboxylic acids is 1. The molecule has 0 bridgehead atoms. The fraction of sp³-hybridized carbons (Fsp3) is 0.562. The number of amides is 1. The highest BCUT2D eigenvalue weighted by Crippen LogP contribution is 2.29. The maximum Gasteiger partial charge on any atom is 0.256 e. The largest absolute Gasteiger partial charge is 0.492 e. The van der Waals surface area contributed by atoms with Gasteiger partial charge in [-0.3, -0.25) is 4.79 Å². The lowest BCUT2D eigenvalue weighted by Gasteiger charge is -2.28. The predicted molar refractivity (Wildman–Crippen MR) is 86.1 cm³/mol. The van der Waals surface area contributed by atoms with Crippen molar-refractivity contribution < 1.29 is 14.3 Å². The minimum Gasteiger partial charge on any atom is -0.492 e. The number of anilines is 1. The van der Waals surface area contributed by atoms with E-state index in [2.05, 4.69) is 19.2 Å². The van der Waals surface area contributed by atoms with Gasteiger partial charge in [0.1, 0.15) is 11.4 Å². The van der Waals surface area contributed by atoms with Gasteiger partial charge in [0.2, 0.25) is 0 Å². The average Bonchev–Trinajstić information content (AvgIpc) is 2.41. The maximum absolute atomic E-state index is 12.4. The Hall–Kier alpha value is -1.26. The monoisotopic (exact) mass is 313 g/mol. The molecule has 0 aliphatic heterocycles. The van der Waals surface area contributed by atoms with E-state index in [9.17, 15) is 4.79 Å². The minimum absolute atomic E-state index is 0.182. The van der Waals surface area contributed by atoms with E-state index in [1.54, 1.807) is 32.2 Å². The number of halogens is 1. The Morgan fingerprint density at radius 3 is 2.57 bits per heavy atom. The van der Waals surface area contributed by atoms with Crippen molar-refractivity contribution in [1.82, 2.24) is 0 Å². The molecule has 1 aromatic rings. The molecule has 0 fully saturated rings. The Labute approximate surface area is 131 Å². The fourth-order valence-electron chi connectivity index (χ4n) is 2.16. The van der Waals surface area contributed by atoms with Crippen LogP contribution in [-0.2, 0) is 9.53 Å². The topological polar surface area (TPSA) is 47.6 Å². The van der Waals surface area contributed by atoms with Crippen LogP contribution in [0.3, 0.4) is 0 Å². The lowest BCUT2D eigenvalue weighted by atomic mass is 9.93. The van der Waals surface area contributed by atoms with Crippen LogP contribution >= 0.6 is 11.6 Å². The summed E-state index contributed by atoms with van der Waals surface area (Å²) < 4.78 is 10.8. The molecule has 1 aromatic carbocycles. The number of benzene rings is 1. The Morgan fingerprint density at radius 1 is 1.43 bits per heavy atom. The van der Waals surface area contributed by atoms with Crippen LogP contribution < -0.4 is 10.1 Å². The van der Waals surface area contributed by atoms with E-state index >= 15 is 0 Å². The number of hydrogen-bond acceptors (Lipinski definition) is 3. The SMILES string of the molecule is CCOc1ccc(NC(=O)C(C)(CC(C)C)OC)cc1Cl. The smallest absolute Gasteiger partial charge is 0.256 e. The van der Waals surface area contributed by atoms with E-state index in [1.807, 2.05) is 6.92 Å². The van der Waals surface area contributed by atoms with Gasteiger partial charge in [-0.2, -0.15) is 0 Å². The van der Waals surface area contributed by atoms with Gasteiger partial charge in [-0.05, 0) is 44.4 Å². The summed E-state index contributed by atoms with van der Waals surface area (Å²) in [7, 11) is 1.55. The zero-order valence-electron chi connectivity index (χ0n) is 13.3. The van der Waals surface area contributed by atoms with Crippen molar-refractivity contribution in [3.63, 3.8) is 0 Å². The van der Waals surface area contributed by atoms with Crippen molar-refractivity contribution >= 4 is 23.2 Å². The third kappa shape index (κ3) is 4.90. The van der Waals surface area contributed by atoms with Gasteiger partial charge < -0.3 is 14.8 Å². The van der Waals surface area contributed by atoms with Crippen LogP contribution in [-0.4, -0.2) is 25.2 Å². The summed E-state index contributed by atoms with van der Waals surface area (Å²) in [6, 6.07) is 5.18. The molecule has 118 valence electrons. The molecule has 1 amide bonds. The van der Waals surface area contributed by atoms with E-state index in [-0.39, 0.29) is 5.91 Å². The van der Waals surface area contributed by atoms with Crippen molar-refractivity contribution in [2.45, 2.75) is 39.7 Å². The second-order valence-corrected chi connectivity index (χ2v) is 5.97. The van der Waals surface area contributed by atoms with Gasteiger partial charge in [0.05, 0.1) is 11.6 Å². The van der Waals surface area contributed by atoms with Crippen molar-refractivity contribution in [3.8, 4) is 5.75 Å². The van der Waals surface area contributed by atoms with Crippen molar-refractivity contribution in [1.29, 1.82) is 0 Å². The highest BCUT2D eigenvalue weighted by atomic mass is 35.5. The molecule has 1 N–H and O–H groups in total. The Morgan fingerprint density at radius 2 is 2.10 bits per heavy atom. The first kappa shape index (κ1) is 17.8. The summed E-state index contributed by atoms with van der Waals surface area (Å²) >= 11 is 6.12. The van der Waals surface area contributed by atoms with E-state index in [1.165, 1.54) is 0 Å². The number of nitrogens with one attached hydrogen (secondary N) is 1. The lowest BCUT2D eigenvalue weighted by Crippen LogP contribution is -2.43. The zero-order chi connectivity index (χ0) is 16.0. The average molecular weight is 314 g/mol. The number of carbonyl (C=O) groups is 1. The van der Waals surface area contributed by atoms with E-state index in [4.69, 9.17) is 21.1 Å². The molecule has 0 spiro atoms. The molecule has 0 saturated carbocycles. The lowest BCUT2D eigenvalue weighted by molar-refractivity contribution is -0.137. The molecule has 0 aromatic heterocycles. The van der Waals surface area contributed by atoms with Gasteiger partial charge in [-0.25, -0.2) is 0 Å².